The molecule has 0 aromatic heterocycles. The second kappa shape index (κ2) is 24.0. The maximum Gasteiger partial charge on any atom is 0.0714 e. The van der Waals surface area contributed by atoms with Gasteiger partial charge in [0.15, 0.2) is 0 Å². The summed E-state index contributed by atoms with van der Waals surface area (Å²) in [7, 11) is 0. The van der Waals surface area contributed by atoms with Crippen LogP contribution in [-0.2, 0) is 23.7 Å². The third-order valence-corrected chi connectivity index (χ3v) is 21.3. The lowest BCUT2D eigenvalue weighted by Gasteiger charge is -2.36. The van der Waals surface area contributed by atoms with Crippen LogP contribution in [0.25, 0.3) is 77.9 Å². The van der Waals surface area contributed by atoms with E-state index in [9.17, 15) is 0 Å². The Hall–Kier alpha value is -12.1. The SMILES string of the molecule is CC1(C)c2ccccc2-c2ccc(N(c3ccc(N(c4ccc5c(c4)C(c4ccccc4)(c4ccccc4)c4ccccc4-5)c4ccccc4-c4ccccc4)c(-c4ccc5c(c4)Cc4ccccc4-c4ccccc4Cc4ccccc4-5)c3)c3ccccc3-c3ccccc3)cc21. The molecule has 2 nitrogen and oxygen atoms in total. The highest BCUT2D eigenvalue weighted by Gasteiger charge is 2.47. The van der Waals surface area contributed by atoms with E-state index in [2.05, 4.69) is 388 Å². The van der Waals surface area contributed by atoms with Crippen LogP contribution in [0.1, 0.15) is 69.5 Å². The maximum atomic E-state index is 2.58. The minimum absolute atomic E-state index is 0.234. The van der Waals surface area contributed by atoms with Gasteiger partial charge in [-0.15, -0.1) is 0 Å². The highest BCUT2D eigenvalue weighted by atomic mass is 15.2. The summed E-state index contributed by atoms with van der Waals surface area (Å²) in [6.45, 7) is 4.78. The van der Waals surface area contributed by atoms with Crippen LogP contribution in [0.2, 0.25) is 0 Å². The maximum absolute atomic E-state index is 2.58. The molecule has 3 aliphatic carbocycles. The monoisotopic (exact) mass is 1250 g/mol. The van der Waals surface area contributed by atoms with Gasteiger partial charge in [0.25, 0.3) is 0 Å². The highest BCUT2D eigenvalue weighted by Crippen LogP contribution is 2.59. The molecular formula is C96H70N2. The number of hydrogen-bond donors (Lipinski definition) is 0. The Labute approximate surface area is 575 Å². The summed E-state index contributed by atoms with van der Waals surface area (Å²) in [5.74, 6) is 0. The first kappa shape index (κ1) is 58.5. The van der Waals surface area contributed by atoms with E-state index in [4.69, 9.17) is 0 Å². The van der Waals surface area contributed by atoms with Crippen LogP contribution in [0.4, 0.5) is 34.1 Å². The molecule has 0 N–H and O–H groups in total. The van der Waals surface area contributed by atoms with Gasteiger partial charge in [-0.1, -0.05) is 323 Å². The van der Waals surface area contributed by atoms with Crippen LogP contribution in [0.3, 0.4) is 0 Å². The first-order valence-corrected chi connectivity index (χ1v) is 34.4. The van der Waals surface area contributed by atoms with Crippen molar-refractivity contribution in [3.8, 4) is 77.9 Å². The topological polar surface area (TPSA) is 6.48 Å². The van der Waals surface area contributed by atoms with Gasteiger partial charge in [0.1, 0.15) is 0 Å². The van der Waals surface area contributed by atoms with E-state index in [1.807, 2.05) is 0 Å². The molecule has 0 bridgehead atoms. The Morgan fingerprint density at radius 3 is 1.13 bits per heavy atom. The standard InChI is InChI=1S/C96H70N2/c1-95(2)88-47-25-21-45-83(88)85-56-52-75(63-90(85)95)97(92-49-27-23-43-81(92)65-29-7-3-8-30-65)74-54-58-94(87(62-74)70-51-55-80-71(61-70)60-69-35-17-19-41-78(69)77-40-18-15-33-67(77)59-68-34-16-20-42-79(68)80)98(93-50-28-24-44-82(93)66-31-9-4-10-32-66)76-53-57-86-84-46-22-26-48-89(84)96(91(86)64-76,72-36-11-5-12-37-72)73-38-13-6-14-39-73/h3-58,61-64H,59-60H2,1-2H3. The number of hydrogen-bond acceptors (Lipinski definition) is 2. The average Bonchev–Trinajstić information content (AvgIpc) is 1.52. The number of anilines is 6. The van der Waals surface area contributed by atoms with Gasteiger partial charge in [-0.3, -0.25) is 0 Å². The van der Waals surface area contributed by atoms with E-state index >= 15 is 0 Å². The smallest absolute Gasteiger partial charge is 0.0714 e. The summed E-state index contributed by atoms with van der Waals surface area (Å²) in [5, 5.41) is 0. The van der Waals surface area contributed by atoms with Crippen LogP contribution < -0.4 is 9.80 Å². The molecule has 0 saturated heterocycles. The number of rotatable bonds is 11. The lowest BCUT2D eigenvalue weighted by atomic mass is 9.67. The van der Waals surface area contributed by atoms with E-state index in [0.29, 0.717) is 0 Å². The number of para-hydroxylation sites is 2. The first-order chi connectivity index (χ1) is 48.4. The fourth-order valence-electron chi connectivity index (χ4n) is 16.8. The molecule has 0 fully saturated rings. The van der Waals surface area contributed by atoms with Crippen molar-refractivity contribution in [2.24, 2.45) is 0 Å². The third kappa shape index (κ3) is 9.61. The van der Waals surface area contributed by atoms with Gasteiger partial charge >= 0.3 is 0 Å². The van der Waals surface area contributed by atoms with E-state index < -0.39 is 5.41 Å². The van der Waals surface area contributed by atoms with Gasteiger partial charge in [-0.25, -0.2) is 0 Å². The van der Waals surface area contributed by atoms with Crippen LogP contribution in [-0.4, -0.2) is 0 Å². The Morgan fingerprint density at radius 2 is 0.571 bits per heavy atom. The first-order valence-electron chi connectivity index (χ1n) is 34.4. The quantitative estimate of drug-likeness (QED) is 0.127. The largest absolute Gasteiger partial charge is 0.310 e. The van der Waals surface area contributed by atoms with Gasteiger partial charge < -0.3 is 9.80 Å². The summed E-state index contributed by atoms with van der Waals surface area (Å²) in [6.07, 6.45) is 1.55. The van der Waals surface area contributed by atoms with Gasteiger partial charge in [-0.05, 0) is 184 Å². The van der Waals surface area contributed by atoms with Gasteiger partial charge in [0, 0.05) is 39.2 Å². The lowest BCUT2D eigenvalue weighted by Crippen LogP contribution is -2.28. The molecule has 2 heteroatoms. The molecule has 0 atom stereocenters. The zero-order valence-corrected chi connectivity index (χ0v) is 54.9. The second-order valence-electron chi connectivity index (χ2n) is 27.0. The van der Waals surface area contributed by atoms with Crippen molar-refractivity contribution in [3.05, 3.63) is 420 Å². The van der Waals surface area contributed by atoms with E-state index in [1.54, 1.807) is 0 Å². The molecule has 0 spiro atoms. The number of fused-ring (bicyclic) bond motifs is 12. The summed E-state index contributed by atoms with van der Waals surface area (Å²) < 4.78 is 0. The Bertz CT molecular complexity index is 5510. The van der Waals surface area contributed by atoms with Crippen molar-refractivity contribution in [1.29, 1.82) is 0 Å². The fraction of sp³-hybridized carbons (Fsp3) is 0.0625. The summed E-state index contributed by atoms with van der Waals surface area (Å²) in [4.78, 5) is 5.11. The van der Waals surface area contributed by atoms with Gasteiger partial charge in [-0.2, -0.15) is 0 Å². The molecule has 0 unspecified atom stereocenters. The Kier molecular flexibility index (Phi) is 14.3. The molecule has 0 saturated carbocycles. The highest BCUT2D eigenvalue weighted by molar-refractivity contribution is 5.99. The van der Waals surface area contributed by atoms with Crippen molar-refractivity contribution in [2.45, 2.75) is 37.5 Å². The van der Waals surface area contributed by atoms with Crippen LogP contribution in [0.15, 0.2) is 364 Å². The minimum atomic E-state index is -0.638. The van der Waals surface area contributed by atoms with E-state index in [-0.39, 0.29) is 5.41 Å². The molecule has 15 aromatic carbocycles. The lowest BCUT2D eigenvalue weighted by molar-refractivity contribution is 0.660. The van der Waals surface area contributed by atoms with Crippen LogP contribution >= 0.6 is 0 Å². The van der Waals surface area contributed by atoms with Crippen molar-refractivity contribution in [3.63, 3.8) is 0 Å². The van der Waals surface area contributed by atoms with Crippen molar-refractivity contribution < 1.29 is 0 Å². The minimum Gasteiger partial charge on any atom is -0.310 e. The van der Waals surface area contributed by atoms with Crippen molar-refractivity contribution in [2.75, 3.05) is 9.80 Å². The molecule has 0 heterocycles. The Balaban J connectivity index is 0.937. The fourth-order valence-corrected chi connectivity index (χ4v) is 16.8. The third-order valence-electron chi connectivity index (χ3n) is 21.3. The van der Waals surface area contributed by atoms with E-state index in [0.717, 1.165) is 80.3 Å². The summed E-state index contributed by atoms with van der Waals surface area (Å²) >= 11 is 0. The number of nitrogens with zero attached hydrogens (tertiary/aromatic N) is 2. The van der Waals surface area contributed by atoms with Gasteiger partial charge in [0.2, 0.25) is 0 Å². The summed E-state index contributed by atoms with van der Waals surface area (Å²) in [6, 6.07) is 137. The van der Waals surface area contributed by atoms with E-state index in [1.165, 1.54) is 100 Å². The molecule has 464 valence electrons. The predicted molar refractivity (Wildman–Crippen MR) is 410 cm³/mol. The molecule has 98 heavy (non-hydrogen) atoms. The van der Waals surface area contributed by atoms with Gasteiger partial charge in [0.05, 0.1) is 22.5 Å². The molecule has 3 aliphatic rings. The normalized spacial score (nSPS) is 13.3. The molecule has 15 aromatic rings. The average molecular weight is 1250 g/mol. The second-order valence-corrected chi connectivity index (χ2v) is 27.0. The molecule has 0 radical (unpaired) electrons. The zero-order valence-electron chi connectivity index (χ0n) is 54.9. The molecule has 18 rings (SSSR count). The Morgan fingerprint density at radius 1 is 0.214 bits per heavy atom. The van der Waals surface area contributed by atoms with Crippen molar-refractivity contribution in [1.82, 2.24) is 0 Å². The predicted octanol–water partition coefficient (Wildman–Crippen LogP) is 25.1. The number of benzene rings is 15. The zero-order chi connectivity index (χ0) is 65.3. The molecule has 0 amide bonds. The molecule has 0 aliphatic heterocycles. The molecular weight excluding hydrogens is 1180 g/mol. The van der Waals surface area contributed by atoms with Crippen LogP contribution in [0, 0.1) is 0 Å². The van der Waals surface area contributed by atoms with Crippen LogP contribution in [0.5, 0.6) is 0 Å². The summed E-state index contributed by atoms with van der Waals surface area (Å²) in [5.41, 5.74) is 35.3. The van der Waals surface area contributed by atoms with Crippen molar-refractivity contribution >= 4 is 34.1 Å².